The molecule has 0 unspecified atom stereocenters. The van der Waals surface area contributed by atoms with Crippen LogP contribution in [0, 0.1) is 6.57 Å². The highest BCUT2D eigenvalue weighted by molar-refractivity contribution is 5.79. The van der Waals surface area contributed by atoms with Crippen molar-refractivity contribution in [3.05, 3.63) is 47.1 Å². The molecule has 0 N–H and O–H groups in total. The van der Waals surface area contributed by atoms with Crippen molar-refractivity contribution in [2.24, 2.45) is 5.16 Å². The molecule has 1 aliphatic heterocycles. The van der Waals surface area contributed by atoms with Gasteiger partial charge < -0.3 is 9.57 Å². The number of hydrogen-bond donors (Lipinski definition) is 0. The van der Waals surface area contributed by atoms with Crippen molar-refractivity contribution >= 4 is 11.4 Å². The van der Waals surface area contributed by atoms with Gasteiger partial charge in [0.05, 0.1) is 25.4 Å². The molecule has 1 aromatic heterocycles. The molecule has 6 heteroatoms. The fraction of sp³-hybridized carbons (Fsp3) is 0.389. The number of fused-ring (bicyclic) bond motifs is 1. The first kappa shape index (κ1) is 16.1. The summed E-state index contributed by atoms with van der Waals surface area (Å²) in [7, 11) is 0. The Balaban J connectivity index is 2.10. The third-order valence-electron chi connectivity index (χ3n) is 3.81. The second-order valence-electron chi connectivity index (χ2n) is 5.94. The predicted molar refractivity (Wildman–Crippen MR) is 91.9 cm³/mol. The van der Waals surface area contributed by atoms with Crippen LogP contribution in [-0.2, 0) is 13.0 Å². The van der Waals surface area contributed by atoms with E-state index >= 15 is 0 Å². The maximum absolute atomic E-state index is 7.55. The molecule has 0 spiro atoms. The monoisotopic (exact) mass is 324 g/mol. The van der Waals surface area contributed by atoms with Crippen molar-refractivity contribution in [3.8, 4) is 11.5 Å². The van der Waals surface area contributed by atoms with Crippen molar-refractivity contribution in [1.82, 2.24) is 9.78 Å². The van der Waals surface area contributed by atoms with Gasteiger partial charge in [-0.2, -0.15) is 5.10 Å². The average Bonchev–Trinajstić information content (AvgIpc) is 2.95. The minimum absolute atomic E-state index is 0.404. The van der Waals surface area contributed by atoms with E-state index in [0.29, 0.717) is 30.3 Å². The maximum Gasteiger partial charge on any atom is 0.272 e. The number of ether oxygens (including phenoxy) is 1. The molecule has 24 heavy (non-hydrogen) atoms. The first-order valence-electron chi connectivity index (χ1n) is 8.03. The zero-order valence-corrected chi connectivity index (χ0v) is 14.0. The number of nitrogens with zero attached hydrogens (tertiary/aromatic N) is 4. The van der Waals surface area contributed by atoms with E-state index in [1.54, 1.807) is 6.20 Å². The smallest absolute Gasteiger partial charge is 0.272 e. The van der Waals surface area contributed by atoms with Crippen molar-refractivity contribution in [2.45, 2.75) is 39.7 Å². The second kappa shape index (κ2) is 7.18. The van der Waals surface area contributed by atoms with E-state index in [1.807, 2.05) is 36.9 Å². The van der Waals surface area contributed by atoms with E-state index in [-0.39, 0.29) is 0 Å². The highest BCUT2D eigenvalue weighted by Crippen LogP contribution is 2.44. The van der Waals surface area contributed by atoms with Crippen molar-refractivity contribution < 1.29 is 9.57 Å². The third-order valence-corrected chi connectivity index (χ3v) is 3.81. The minimum atomic E-state index is 0.404. The summed E-state index contributed by atoms with van der Waals surface area (Å²) in [5, 5.41) is 8.29. The molecule has 0 amide bonds. The van der Waals surface area contributed by atoms with Gasteiger partial charge in [-0.3, -0.25) is 4.68 Å². The van der Waals surface area contributed by atoms with Crippen LogP contribution in [-0.4, -0.2) is 22.1 Å². The third kappa shape index (κ3) is 3.40. The first-order valence-corrected chi connectivity index (χ1v) is 8.03. The molecule has 6 nitrogen and oxygen atoms in total. The van der Waals surface area contributed by atoms with E-state index in [0.717, 1.165) is 36.1 Å². The van der Waals surface area contributed by atoms with Crippen LogP contribution in [0.2, 0.25) is 0 Å². The van der Waals surface area contributed by atoms with E-state index in [1.165, 1.54) is 0 Å². The van der Waals surface area contributed by atoms with Gasteiger partial charge in [0.2, 0.25) is 0 Å². The van der Waals surface area contributed by atoms with Crippen LogP contribution >= 0.6 is 0 Å². The lowest BCUT2D eigenvalue weighted by Gasteiger charge is -2.17. The van der Waals surface area contributed by atoms with E-state index < -0.39 is 0 Å². The molecule has 0 fully saturated rings. The van der Waals surface area contributed by atoms with Crippen LogP contribution in [0.15, 0.2) is 29.7 Å². The molecule has 3 rings (SSSR count). The summed E-state index contributed by atoms with van der Waals surface area (Å²) in [4.78, 5) is 9.17. The molecular weight excluding hydrogens is 304 g/mol. The molecule has 0 saturated heterocycles. The highest BCUT2D eigenvalue weighted by Gasteiger charge is 2.23. The Labute approximate surface area is 141 Å². The Morgan fingerprint density at radius 2 is 2.33 bits per heavy atom. The van der Waals surface area contributed by atoms with Crippen LogP contribution in [0.25, 0.3) is 4.85 Å². The van der Waals surface area contributed by atoms with Gasteiger partial charge in [0, 0.05) is 12.4 Å². The first-order chi connectivity index (χ1) is 11.7. The second-order valence-corrected chi connectivity index (χ2v) is 5.94. The summed E-state index contributed by atoms with van der Waals surface area (Å²) in [6.07, 6.45) is 6.59. The Morgan fingerprint density at radius 3 is 3.04 bits per heavy atom. The predicted octanol–water partition coefficient (Wildman–Crippen LogP) is 3.97. The fourth-order valence-corrected chi connectivity index (χ4v) is 2.75. The Hall–Kier alpha value is -2.81. The SMILES string of the molecule is [C-]#[N+]c1c(ON=C(C)C)cc(Cn2cccn2)c2c1OCCCC2. The van der Waals surface area contributed by atoms with E-state index in [4.69, 9.17) is 16.1 Å². The fourth-order valence-electron chi connectivity index (χ4n) is 2.75. The Bertz CT molecular complexity index is 784. The van der Waals surface area contributed by atoms with E-state index in [9.17, 15) is 0 Å². The molecular formula is C18H20N4O2. The van der Waals surface area contributed by atoms with Crippen LogP contribution < -0.4 is 9.57 Å². The highest BCUT2D eigenvalue weighted by atomic mass is 16.6. The normalized spacial score (nSPS) is 13.2. The van der Waals surface area contributed by atoms with Crippen LogP contribution in [0.3, 0.4) is 0 Å². The molecule has 0 bridgehead atoms. The number of rotatable bonds is 4. The summed E-state index contributed by atoms with van der Waals surface area (Å²) in [6.45, 7) is 12.5. The molecule has 0 radical (unpaired) electrons. The number of aromatic nitrogens is 2. The molecule has 1 aromatic carbocycles. The van der Waals surface area contributed by atoms with Crippen LogP contribution in [0.5, 0.6) is 11.5 Å². The topological polar surface area (TPSA) is 53.0 Å². The molecule has 0 aliphatic carbocycles. The molecule has 1 aliphatic rings. The summed E-state index contributed by atoms with van der Waals surface area (Å²) >= 11 is 0. The number of hydrogen-bond acceptors (Lipinski definition) is 4. The van der Waals surface area contributed by atoms with Crippen molar-refractivity contribution in [3.63, 3.8) is 0 Å². The zero-order valence-electron chi connectivity index (χ0n) is 14.0. The van der Waals surface area contributed by atoms with Gasteiger partial charge in [0.25, 0.3) is 5.69 Å². The summed E-state index contributed by atoms with van der Waals surface area (Å²) in [6, 6.07) is 3.79. The number of benzene rings is 1. The number of oxime groups is 1. The summed E-state index contributed by atoms with van der Waals surface area (Å²) < 4.78 is 7.76. The van der Waals surface area contributed by atoms with Gasteiger partial charge in [0.1, 0.15) is 5.75 Å². The van der Waals surface area contributed by atoms with Gasteiger partial charge in [-0.05, 0) is 56.4 Å². The van der Waals surface area contributed by atoms with Crippen LogP contribution in [0.1, 0.15) is 37.8 Å². The molecule has 124 valence electrons. The summed E-state index contributed by atoms with van der Waals surface area (Å²) in [5.74, 6) is 1.08. The maximum atomic E-state index is 7.55. The largest absolute Gasteiger partial charge is 0.504 e. The standard InChI is InChI=1S/C18H20N4O2/c1-13(2)21-24-16-11-14(12-22-9-6-8-20-22)15-7-4-5-10-23-18(15)17(16)19-3/h6,8-9,11H,4-5,7,10,12H2,1-2H3. The van der Waals surface area contributed by atoms with Gasteiger partial charge >= 0.3 is 0 Å². The van der Waals surface area contributed by atoms with Gasteiger partial charge in [-0.15, -0.1) is 0 Å². The Kier molecular flexibility index (Phi) is 4.80. The zero-order chi connectivity index (χ0) is 16.9. The van der Waals surface area contributed by atoms with Crippen LogP contribution in [0.4, 0.5) is 5.69 Å². The molecule has 0 atom stereocenters. The minimum Gasteiger partial charge on any atom is -0.504 e. The Morgan fingerprint density at radius 1 is 1.46 bits per heavy atom. The lowest BCUT2D eigenvalue weighted by atomic mass is 9.99. The lowest BCUT2D eigenvalue weighted by molar-refractivity contribution is 0.311. The van der Waals surface area contributed by atoms with Gasteiger partial charge in [0.15, 0.2) is 5.75 Å². The van der Waals surface area contributed by atoms with Crippen molar-refractivity contribution in [2.75, 3.05) is 6.61 Å². The lowest BCUT2D eigenvalue weighted by Crippen LogP contribution is -2.06. The van der Waals surface area contributed by atoms with Crippen molar-refractivity contribution in [1.29, 1.82) is 0 Å². The molecule has 0 saturated carbocycles. The van der Waals surface area contributed by atoms with Gasteiger partial charge in [-0.1, -0.05) is 5.16 Å². The van der Waals surface area contributed by atoms with Gasteiger partial charge in [-0.25, -0.2) is 4.85 Å². The summed E-state index contributed by atoms with van der Waals surface area (Å²) in [5.41, 5.74) is 3.33. The molecule has 2 heterocycles. The quantitative estimate of drug-likeness (QED) is 0.486. The van der Waals surface area contributed by atoms with E-state index in [2.05, 4.69) is 15.1 Å². The molecule has 2 aromatic rings. The average molecular weight is 324 g/mol.